The second-order valence-corrected chi connectivity index (χ2v) is 17.0. The lowest BCUT2D eigenvalue weighted by molar-refractivity contribution is -0.347. The number of ether oxygens (including phenoxy) is 8. The first-order valence-corrected chi connectivity index (χ1v) is 20.5. The van der Waals surface area contributed by atoms with Gasteiger partial charge in [0, 0.05) is 48.8 Å². The number of hydrogen-bond acceptors (Lipinski definition) is 15. The highest BCUT2D eigenvalue weighted by Gasteiger charge is 2.51. The van der Waals surface area contributed by atoms with Crippen LogP contribution in [0.25, 0.3) is 0 Å². The van der Waals surface area contributed by atoms with Gasteiger partial charge < -0.3 is 58.3 Å². The van der Waals surface area contributed by atoms with Gasteiger partial charge >= 0.3 is 5.97 Å². The van der Waals surface area contributed by atoms with E-state index in [1.807, 2.05) is 6.92 Å². The Bertz CT molecular complexity index is 2000. The minimum atomic E-state index is -1.41. The largest absolute Gasteiger partial charge is 0.507 e. The number of carbonyl (C=O) groups is 4. The molecule has 2 aromatic rings. The van der Waals surface area contributed by atoms with Crippen molar-refractivity contribution < 1.29 is 77.5 Å². The van der Waals surface area contributed by atoms with Gasteiger partial charge in [0.05, 0.1) is 65.9 Å². The number of rotatable bonds is 9. The lowest BCUT2D eigenvalue weighted by Crippen LogP contribution is -2.60. The average Bonchev–Trinajstić information content (AvgIpc) is 3.16. The first-order chi connectivity index (χ1) is 28.0. The summed E-state index contributed by atoms with van der Waals surface area (Å²) >= 11 is 0. The number of benzene rings is 2. The number of phenols is 2. The summed E-state index contributed by atoms with van der Waals surface area (Å²) in [5.41, 5.74) is -1.68. The third-order valence-corrected chi connectivity index (χ3v) is 12.6. The number of aromatic hydroxyl groups is 2. The van der Waals surface area contributed by atoms with Crippen molar-refractivity contribution in [2.24, 2.45) is 0 Å². The Morgan fingerprint density at radius 2 is 1.46 bits per heavy atom. The predicted octanol–water partition coefficient (Wildman–Crippen LogP) is 4.17. The molecule has 1 aliphatic carbocycles. The molecule has 0 saturated carbocycles. The molecule has 0 amide bonds. The standard InChI is InChI=1S/C43H52O16/c1-18-26(44)10-12-33(53-18)57-28-11-13-34(54-20(28)3)59-43(5,17-32(46)47)16-22-6-7-24-35(37(22)48)39(50)25-9-8-23(38(49)36(25)40(24)51)29-15-30-41(21(4)52-29)58-42-31(56-30)14-27(45)19(2)55-42/h6-9,18-21,26,28-31,33-34,41-42,44,48-49H,10-17H2,1-5H3,(H,46,47). The van der Waals surface area contributed by atoms with Gasteiger partial charge in [0.15, 0.2) is 36.2 Å². The third-order valence-electron chi connectivity index (χ3n) is 12.6. The van der Waals surface area contributed by atoms with Crippen LogP contribution in [0.2, 0.25) is 0 Å². The molecule has 0 bridgehead atoms. The van der Waals surface area contributed by atoms with Gasteiger partial charge in [0.25, 0.3) is 0 Å². The molecular weight excluding hydrogens is 772 g/mol. The number of ketones is 3. The van der Waals surface area contributed by atoms with Crippen molar-refractivity contribution in [3.8, 4) is 11.5 Å². The number of carbonyl (C=O) groups excluding carboxylic acids is 3. The Morgan fingerprint density at radius 3 is 2.15 bits per heavy atom. The molecule has 14 unspecified atom stereocenters. The van der Waals surface area contributed by atoms with E-state index in [4.69, 9.17) is 37.9 Å². The number of aliphatic hydroxyl groups excluding tert-OH is 1. The molecule has 320 valence electrons. The van der Waals surface area contributed by atoms with Crippen molar-refractivity contribution >= 4 is 23.3 Å². The van der Waals surface area contributed by atoms with Crippen molar-refractivity contribution in [1.29, 1.82) is 0 Å². The monoisotopic (exact) mass is 824 g/mol. The summed E-state index contributed by atoms with van der Waals surface area (Å²) in [5.74, 6) is -3.53. The van der Waals surface area contributed by atoms with Crippen LogP contribution in [0.4, 0.5) is 0 Å². The van der Waals surface area contributed by atoms with E-state index in [1.165, 1.54) is 24.3 Å². The number of fused-ring (bicyclic) bond motifs is 4. The minimum absolute atomic E-state index is 0.0885. The zero-order chi connectivity index (χ0) is 42.1. The number of aliphatic hydroxyl groups is 1. The van der Waals surface area contributed by atoms with Crippen LogP contribution in [0.1, 0.15) is 129 Å². The van der Waals surface area contributed by atoms with E-state index >= 15 is 0 Å². The molecule has 4 N–H and O–H groups in total. The summed E-state index contributed by atoms with van der Waals surface area (Å²) < 4.78 is 48.9. The molecular formula is C43H52O16. The van der Waals surface area contributed by atoms with Gasteiger partial charge in [-0.1, -0.05) is 12.1 Å². The summed E-state index contributed by atoms with van der Waals surface area (Å²) in [5, 5.41) is 43.1. The van der Waals surface area contributed by atoms with Gasteiger partial charge in [0.2, 0.25) is 0 Å². The molecule has 5 saturated heterocycles. The zero-order valence-electron chi connectivity index (χ0n) is 33.7. The van der Waals surface area contributed by atoms with Crippen molar-refractivity contribution in [2.75, 3.05) is 0 Å². The lowest BCUT2D eigenvalue weighted by atomic mass is 9.79. The fourth-order valence-corrected chi connectivity index (χ4v) is 9.38. The molecule has 8 rings (SSSR count). The number of hydrogen-bond donors (Lipinski definition) is 4. The predicted molar refractivity (Wildman–Crippen MR) is 202 cm³/mol. The summed E-state index contributed by atoms with van der Waals surface area (Å²) in [6.45, 7) is 8.68. The van der Waals surface area contributed by atoms with Crippen LogP contribution in [-0.2, 0) is 53.9 Å². The SMILES string of the molecule is CC1OC2OC3C(C)OC(c4ccc5c(c4O)C(=O)c4ccc(CC(C)(CC(=O)O)OC6CCC(OC7CCC(O)C(C)O7)C(C)O6)c(O)c4C5=O)CC3OC2CC1=O. The van der Waals surface area contributed by atoms with Crippen LogP contribution in [0.5, 0.6) is 11.5 Å². The molecule has 5 aliphatic heterocycles. The molecule has 5 heterocycles. The first-order valence-electron chi connectivity index (χ1n) is 20.5. The Kier molecular flexibility index (Phi) is 11.5. The Balaban J connectivity index is 0.973. The topological polar surface area (TPSA) is 223 Å². The van der Waals surface area contributed by atoms with E-state index in [0.29, 0.717) is 25.7 Å². The van der Waals surface area contributed by atoms with Crippen LogP contribution < -0.4 is 0 Å². The molecule has 5 fully saturated rings. The average molecular weight is 825 g/mol. The fraction of sp³-hybridized carbons (Fsp3) is 0.628. The van der Waals surface area contributed by atoms with E-state index in [0.717, 1.165) is 0 Å². The Morgan fingerprint density at radius 1 is 0.780 bits per heavy atom. The smallest absolute Gasteiger partial charge is 0.306 e. The number of carboxylic acid groups (broad SMARTS) is 1. The molecule has 0 radical (unpaired) electrons. The van der Waals surface area contributed by atoms with Gasteiger partial charge in [-0.15, -0.1) is 0 Å². The van der Waals surface area contributed by atoms with E-state index in [1.54, 1.807) is 27.7 Å². The molecule has 2 aromatic carbocycles. The number of Topliss-reactive ketones (excluding diaryl/α,β-unsaturated/α-hetero) is 1. The van der Waals surface area contributed by atoms with Crippen LogP contribution >= 0.6 is 0 Å². The lowest BCUT2D eigenvalue weighted by Gasteiger charge is -2.49. The summed E-state index contributed by atoms with van der Waals surface area (Å²) in [6, 6.07) is 5.77. The quantitative estimate of drug-likeness (QED) is 0.238. The highest BCUT2D eigenvalue weighted by molar-refractivity contribution is 6.30. The zero-order valence-corrected chi connectivity index (χ0v) is 33.7. The minimum Gasteiger partial charge on any atom is -0.507 e. The van der Waals surface area contributed by atoms with E-state index in [9.17, 15) is 39.6 Å². The van der Waals surface area contributed by atoms with E-state index in [2.05, 4.69) is 0 Å². The molecule has 16 heteroatoms. The maximum atomic E-state index is 14.1. The normalized spacial score (nSPS) is 36.8. The van der Waals surface area contributed by atoms with Crippen LogP contribution in [-0.4, -0.2) is 123 Å². The van der Waals surface area contributed by atoms with Crippen molar-refractivity contribution in [2.45, 2.75) is 171 Å². The van der Waals surface area contributed by atoms with Gasteiger partial charge in [-0.2, -0.15) is 0 Å². The van der Waals surface area contributed by atoms with E-state index < -0.39 is 109 Å². The summed E-state index contributed by atoms with van der Waals surface area (Å²) in [4.78, 5) is 52.6. The van der Waals surface area contributed by atoms with Gasteiger partial charge in [0.1, 0.15) is 29.8 Å². The molecule has 6 aliphatic rings. The number of carboxylic acids is 1. The van der Waals surface area contributed by atoms with Gasteiger partial charge in [-0.25, -0.2) is 0 Å². The van der Waals surface area contributed by atoms with Crippen molar-refractivity contribution in [3.05, 3.63) is 57.6 Å². The first kappa shape index (κ1) is 41.9. The van der Waals surface area contributed by atoms with Crippen molar-refractivity contribution in [3.63, 3.8) is 0 Å². The second kappa shape index (κ2) is 16.2. The molecule has 59 heavy (non-hydrogen) atoms. The van der Waals surface area contributed by atoms with Crippen LogP contribution in [0, 0.1) is 0 Å². The third kappa shape index (κ3) is 8.07. The fourth-order valence-electron chi connectivity index (χ4n) is 9.38. The number of phenolic OH excluding ortho intramolecular Hbond substituents is 2. The highest BCUT2D eigenvalue weighted by Crippen LogP contribution is 2.46. The number of aliphatic carboxylic acids is 1. The highest BCUT2D eigenvalue weighted by atomic mass is 16.7. The Labute approximate surface area is 340 Å². The summed E-state index contributed by atoms with van der Waals surface area (Å²) in [7, 11) is 0. The second-order valence-electron chi connectivity index (χ2n) is 17.0. The van der Waals surface area contributed by atoms with E-state index in [-0.39, 0.29) is 70.6 Å². The van der Waals surface area contributed by atoms with Gasteiger partial charge in [-0.05, 0) is 65.2 Å². The van der Waals surface area contributed by atoms with Crippen LogP contribution in [0.3, 0.4) is 0 Å². The maximum absolute atomic E-state index is 14.1. The van der Waals surface area contributed by atoms with Gasteiger partial charge in [-0.3, -0.25) is 19.2 Å². The molecule has 0 aromatic heterocycles. The summed E-state index contributed by atoms with van der Waals surface area (Å²) in [6.07, 6.45) is -5.34. The maximum Gasteiger partial charge on any atom is 0.306 e. The molecule has 0 spiro atoms. The Hall–Kier alpha value is -3.84. The van der Waals surface area contributed by atoms with Crippen molar-refractivity contribution in [1.82, 2.24) is 0 Å². The molecule has 16 nitrogen and oxygen atoms in total. The van der Waals surface area contributed by atoms with Crippen LogP contribution in [0.15, 0.2) is 24.3 Å². The molecule has 14 atom stereocenters.